The molecule has 1 aliphatic heterocycles. The smallest absolute Gasteiger partial charge is 0.277 e. The van der Waals surface area contributed by atoms with Crippen LogP contribution in [0.5, 0.6) is 0 Å². The van der Waals surface area contributed by atoms with Crippen LogP contribution in [0.3, 0.4) is 0 Å². The topological polar surface area (TPSA) is 66.7 Å². The zero-order valence-corrected chi connectivity index (χ0v) is 19.7. The summed E-state index contributed by atoms with van der Waals surface area (Å²) in [6.45, 7) is 0.523. The molecule has 4 rings (SSSR count). The lowest BCUT2D eigenvalue weighted by atomic mass is 10.1. The van der Waals surface area contributed by atoms with Gasteiger partial charge in [-0.05, 0) is 42.0 Å². The highest BCUT2D eigenvalue weighted by Crippen LogP contribution is 2.69. The van der Waals surface area contributed by atoms with E-state index in [1.807, 2.05) is 70.0 Å². The number of hydrogen-bond acceptors (Lipinski definition) is 3. The van der Waals surface area contributed by atoms with E-state index in [0.717, 1.165) is 11.4 Å². The molecule has 31 heavy (non-hydrogen) atoms. The van der Waals surface area contributed by atoms with E-state index < -0.39 is 24.6 Å². The molecule has 1 saturated heterocycles. The number of anilines is 2. The van der Waals surface area contributed by atoms with Gasteiger partial charge in [0.2, 0.25) is 6.54 Å². The van der Waals surface area contributed by atoms with E-state index in [1.165, 1.54) is 0 Å². The normalized spacial score (nSPS) is 16.3. The third-order valence-corrected chi connectivity index (χ3v) is 9.79. The minimum atomic E-state index is -3.51. The second kappa shape index (κ2) is 9.03. The fraction of sp³-hybridized carbons (Fsp3) is 0.182. The molecule has 1 unspecified atom stereocenters. The summed E-state index contributed by atoms with van der Waals surface area (Å²) in [7, 11) is -3.51. The Kier molecular flexibility index (Phi) is 6.37. The first-order valence-electron chi connectivity index (χ1n) is 9.74. The molecule has 0 amide bonds. The summed E-state index contributed by atoms with van der Waals surface area (Å²) < 4.78 is 19.3. The van der Waals surface area contributed by atoms with Gasteiger partial charge < -0.3 is 9.34 Å². The molecule has 1 aliphatic rings. The zero-order chi connectivity index (χ0) is 22.0. The molecule has 1 fully saturated rings. The second-order valence-corrected chi connectivity index (χ2v) is 11.3. The summed E-state index contributed by atoms with van der Waals surface area (Å²) in [6.07, 6.45) is 0. The number of nitro groups is 1. The minimum absolute atomic E-state index is 0.393. The molecule has 0 spiro atoms. The van der Waals surface area contributed by atoms with Crippen molar-refractivity contribution in [3.63, 3.8) is 0 Å². The molecule has 0 saturated carbocycles. The Bertz CT molecular complexity index is 1080. The molecule has 0 aromatic heterocycles. The van der Waals surface area contributed by atoms with Crippen LogP contribution in [0.15, 0.2) is 83.3 Å². The van der Waals surface area contributed by atoms with Gasteiger partial charge >= 0.3 is 0 Å². The standard InChI is InChI=1S/C22H20BrClN3O3P/c23-21-15-17(24)11-12-20(21)22(16-27(28)29)31(30)25(18-7-3-1-4-8-18)13-14-26(31)19-9-5-2-6-10-19/h1-12,15,22H,13-14,16H2. The highest BCUT2D eigenvalue weighted by Gasteiger charge is 2.52. The van der Waals surface area contributed by atoms with E-state index in [9.17, 15) is 10.1 Å². The fourth-order valence-electron chi connectivity index (χ4n) is 4.03. The summed E-state index contributed by atoms with van der Waals surface area (Å²) in [6, 6.07) is 24.0. The maximum Gasteiger partial charge on any atom is 0.277 e. The van der Waals surface area contributed by atoms with Crippen LogP contribution in [0.4, 0.5) is 11.4 Å². The lowest BCUT2D eigenvalue weighted by Gasteiger charge is -2.37. The van der Waals surface area contributed by atoms with Crippen molar-refractivity contribution >= 4 is 46.3 Å². The Morgan fingerprint density at radius 1 is 0.968 bits per heavy atom. The van der Waals surface area contributed by atoms with Crippen molar-refractivity contribution in [2.75, 3.05) is 29.0 Å². The van der Waals surface area contributed by atoms with Gasteiger partial charge in [-0.15, -0.1) is 0 Å². The van der Waals surface area contributed by atoms with Gasteiger partial charge in [-0.25, -0.2) is 0 Å². The largest absolute Gasteiger partial charge is 0.304 e. The van der Waals surface area contributed by atoms with Gasteiger partial charge in [-0.3, -0.25) is 14.7 Å². The molecule has 0 radical (unpaired) electrons. The van der Waals surface area contributed by atoms with Gasteiger partial charge in [0.05, 0.1) is 0 Å². The maximum atomic E-state index is 15.0. The van der Waals surface area contributed by atoms with E-state index in [4.69, 9.17) is 11.6 Å². The van der Waals surface area contributed by atoms with Crippen molar-refractivity contribution in [3.8, 4) is 0 Å². The van der Waals surface area contributed by atoms with Crippen LogP contribution >= 0.6 is 35.0 Å². The van der Waals surface area contributed by atoms with Crippen molar-refractivity contribution in [1.29, 1.82) is 0 Å². The molecule has 3 aromatic carbocycles. The van der Waals surface area contributed by atoms with Gasteiger partial charge in [0, 0.05) is 38.9 Å². The Balaban J connectivity index is 1.92. The predicted molar refractivity (Wildman–Crippen MR) is 129 cm³/mol. The monoisotopic (exact) mass is 519 g/mol. The molecular formula is C22H20BrClN3O3P. The second-order valence-electron chi connectivity index (χ2n) is 7.20. The van der Waals surface area contributed by atoms with E-state index in [-0.39, 0.29) is 0 Å². The first-order valence-corrected chi connectivity index (χ1v) is 12.6. The molecule has 0 bridgehead atoms. The van der Waals surface area contributed by atoms with Crippen molar-refractivity contribution in [2.45, 2.75) is 5.66 Å². The van der Waals surface area contributed by atoms with Crippen LogP contribution in [0.2, 0.25) is 5.02 Å². The van der Waals surface area contributed by atoms with Crippen LogP contribution in [-0.2, 0) is 4.57 Å². The van der Waals surface area contributed by atoms with Crippen LogP contribution in [0.25, 0.3) is 0 Å². The number of para-hydroxylation sites is 2. The van der Waals surface area contributed by atoms with Crippen LogP contribution in [0, 0.1) is 10.1 Å². The van der Waals surface area contributed by atoms with Crippen LogP contribution in [-0.4, -0.2) is 24.6 Å². The summed E-state index contributed by atoms with van der Waals surface area (Å²) in [5.41, 5.74) is 1.30. The third-order valence-electron chi connectivity index (χ3n) is 5.37. The average molecular weight is 521 g/mol. The highest BCUT2D eigenvalue weighted by molar-refractivity contribution is 9.10. The quantitative estimate of drug-likeness (QED) is 0.207. The number of rotatable bonds is 6. The molecule has 1 heterocycles. The Morgan fingerprint density at radius 3 is 1.94 bits per heavy atom. The number of nitrogens with zero attached hydrogens (tertiary/aromatic N) is 3. The highest BCUT2D eigenvalue weighted by atomic mass is 79.9. The van der Waals surface area contributed by atoms with Gasteiger partial charge in [0.1, 0.15) is 5.66 Å². The summed E-state index contributed by atoms with van der Waals surface area (Å²) in [4.78, 5) is 11.4. The molecule has 0 N–H and O–H groups in total. The van der Waals surface area contributed by atoms with Gasteiger partial charge in [-0.1, -0.05) is 70.0 Å². The molecule has 160 valence electrons. The van der Waals surface area contributed by atoms with Gasteiger partial charge in [0.15, 0.2) is 0 Å². The predicted octanol–water partition coefficient (Wildman–Crippen LogP) is 6.64. The summed E-state index contributed by atoms with van der Waals surface area (Å²) in [5.74, 6) is 0. The van der Waals surface area contributed by atoms with Crippen LogP contribution < -0.4 is 9.34 Å². The summed E-state index contributed by atoms with van der Waals surface area (Å²) in [5, 5.41) is 12.3. The average Bonchev–Trinajstić information content (AvgIpc) is 3.11. The Hall–Kier alpha value is -2.34. The van der Waals surface area contributed by atoms with Crippen molar-refractivity contribution < 1.29 is 9.49 Å². The van der Waals surface area contributed by atoms with Crippen molar-refractivity contribution in [1.82, 2.24) is 0 Å². The van der Waals surface area contributed by atoms with Gasteiger partial charge in [0.25, 0.3) is 7.44 Å². The van der Waals surface area contributed by atoms with Crippen molar-refractivity contribution in [2.24, 2.45) is 0 Å². The van der Waals surface area contributed by atoms with Crippen molar-refractivity contribution in [3.05, 3.63) is 104 Å². The Labute approximate surface area is 194 Å². The van der Waals surface area contributed by atoms with E-state index in [1.54, 1.807) is 18.2 Å². The van der Waals surface area contributed by atoms with E-state index in [0.29, 0.717) is 28.1 Å². The van der Waals surface area contributed by atoms with E-state index >= 15 is 4.57 Å². The maximum absolute atomic E-state index is 15.0. The lowest BCUT2D eigenvalue weighted by Crippen LogP contribution is -2.27. The van der Waals surface area contributed by atoms with E-state index in [2.05, 4.69) is 15.9 Å². The van der Waals surface area contributed by atoms with Gasteiger partial charge in [-0.2, -0.15) is 0 Å². The number of hydrogen-bond donors (Lipinski definition) is 0. The molecule has 3 aromatic rings. The minimum Gasteiger partial charge on any atom is -0.304 e. The molecular weight excluding hydrogens is 501 g/mol. The number of halogens is 2. The molecule has 0 aliphatic carbocycles. The molecule has 6 nitrogen and oxygen atoms in total. The Morgan fingerprint density at radius 2 is 1.48 bits per heavy atom. The van der Waals surface area contributed by atoms with Crippen LogP contribution in [0.1, 0.15) is 11.2 Å². The summed E-state index contributed by atoms with van der Waals surface area (Å²) >= 11 is 9.61. The number of benzene rings is 3. The first-order chi connectivity index (χ1) is 14.9. The fourth-order valence-corrected chi connectivity index (χ4v) is 8.71. The SMILES string of the molecule is O=[N+]([O-])CC(c1ccc(Cl)cc1Br)P1(=O)N(c2ccccc2)CCN1c1ccccc1. The third kappa shape index (κ3) is 4.22. The zero-order valence-electron chi connectivity index (χ0n) is 16.5. The molecule has 9 heteroatoms. The lowest BCUT2D eigenvalue weighted by molar-refractivity contribution is -0.480. The molecule has 1 atom stereocenters. The first kappa shape index (κ1) is 21.9.